The molecular formula is C10H14O4. The van der Waals surface area contributed by atoms with Gasteiger partial charge in [-0.3, -0.25) is 4.79 Å². The third-order valence-corrected chi connectivity index (χ3v) is 3.43. The molecule has 1 N–H and O–H groups in total. The number of hydrogen-bond acceptors (Lipinski definition) is 3. The molecule has 0 radical (unpaired) electrons. The van der Waals surface area contributed by atoms with E-state index in [1.807, 2.05) is 12.2 Å². The fourth-order valence-electron chi connectivity index (χ4n) is 2.76. The first kappa shape index (κ1) is 9.68. The van der Waals surface area contributed by atoms with Crippen molar-refractivity contribution >= 4 is 5.97 Å². The second kappa shape index (κ2) is 3.07. The summed E-state index contributed by atoms with van der Waals surface area (Å²) >= 11 is 0. The molecule has 0 aromatic rings. The van der Waals surface area contributed by atoms with E-state index in [0.29, 0.717) is 6.42 Å². The van der Waals surface area contributed by atoms with Crippen molar-refractivity contribution in [1.29, 1.82) is 0 Å². The van der Waals surface area contributed by atoms with Crippen LogP contribution < -0.4 is 0 Å². The quantitative estimate of drug-likeness (QED) is 0.540. The molecule has 14 heavy (non-hydrogen) atoms. The maximum Gasteiger partial charge on any atom is 0.307 e. The minimum atomic E-state index is -0.764. The van der Waals surface area contributed by atoms with Gasteiger partial charge in [-0.25, -0.2) is 0 Å². The maximum absolute atomic E-state index is 11.0. The van der Waals surface area contributed by atoms with Crippen molar-refractivity contribution < 1.29 is 19.4 Å². The Kier molecular flexibility index (Phi) is 2.12. The molecule has 0 amide bonds. The van der Waals surface area contributed by atoms with Crippen LogP contribution in [-0.4, -0.2) is 31.1 Å². The summed E-state index contributed by atoms with van der Waals surface area (Å²) in [5.41, 5.74) is 0. The lowest BCUT2D eigenvalue weighted by molar-refractivity contribution is -0.232. The molecule has 0 heterocycles. The Morgan fingerprint density at radius 3 is 2.43 bits per heavy atom. The van der Waals surface area contributed by atoms with E-state index in [9.17, 15) is 4.79 Å². The fraction of sp³-hybridized carbons (Fsp3) is 0.700. The summed E-state index contributed by atoms with van der Waals surface area (Å²) in [7, 11) is 3.14. The van der Waals surface area contributed by atoms with E-state index in [0.717, 1.165) is 0 Å². The molecule has 2 aliphatic rings. The number of carboxylic acids is 1. The van der Waals surface area contributed by atoms with Crippen molar-refractivity contribution in [2.45, 2.75) is 12.2 Å². The number of carbonyl (C=O) groups is 1. The van der Waals surface area contributed by atoms with Gasteiger partial charge < -0.3 is 14.6 Å². The number of carboxylic acid groups (broad SMARTS) is 1. The summed E-state index contributed by atoms with van der Waals surface area (Å²) in [5, 5.41) is 9.01. The van der Waals surface area contributed by atoms with E-state index in [4.69, 9.17) is 14.6 Å². The summed E-state index contributed by atoms with van der Waals surface area (Å²) < 4.78 is 10.7. The lowest BCUT2D eigenvalue weighted by Gasteiger charge is -2.31. The smallest absolute Gasteiger partial charge is 0.307 e. The minimum absolute atomic E-state index is 0.0728. The fourth-order valence-corrected chi connectivity index (χ4v) is 2.76. The molecule has 1 fully saturated rings. The van der Waals surface area contributed by atoms with Crippen molar-refractivity contribution in [3.63, 3.8) is 0 Å². The van der Waals surface area contributed by atoms with E-state index in [-0.39, 0.29) is 17.8 Å². The molecule has 0 saturated heterocycles. The highest BCUT2D eigenvalue weighted by Gasteiger charge is 2.59. The Morgan fingerprint density at radius 1 is 1.43 bits per heavy atom. The summed E-state index contributed by atoms with van der Waals surface area (Å²) in [4.78, 5) is 11.0. The van der Waals surface area contributed by atoms with Crippen LogP contribution in [0.25, 0.3) is 0 Å². The molecule has 2 rings (SSSR count). The Hall–Kier alpha value is -0.870. The molecule has 78 valence electrons. The highest BCUT2D eigenvalue weighted by molar-refractivity contribution is 5.72. The Labute approximate surface area is 82.5 Å². The van der Waals surface area contributed by atoms with Crippen molar-refractivity contribution in [1.82, 2.24) is 0 Å². The topological polar surface area (TPSA) is 55.8 Å². The molecule has 2 aliphatic carbocycles. The van der Waals surface area contributed by atoms with Gasteiger partial charge in [-0.05, 0) is 6.42 Å². The zero-order valence-electron chi connectivity index (χ0n) is 8.27. The van der Waals surface area contributed by atoms with E-state index in [1.54, 1.807) is 14.2 Å². The van der Waals surface area contributed by atoms with Crippen molar-refractivity contribution in [3.05, 3.63) is 12.2 Å². The van der Waals surface area contributed by atoms with Gasteiger partial charge in [0.15, 0.2) is 5.79 Å². The number of aliphatic carboxylic acids is 1. The summed E-state index contributed by atoms with van der Waals surface area (Å²) in [6, 6.07) is 0. The van der Waals surface area contributed by atoms with Gasteiger partial charge in [0.05, 0.1) is 5.92 Å². The summed E-state index contributed by atoms with van der Waals surface area (Å²) in [6.45, 7) is 0. The standard InChI is InChI=1S/C10H14O4/c1-13-10(14-2)6-3-4-8(10)7(5-6)9(11)12/h3-4,6-8H,5H2,1-2H3,(H,11,12)/t6-,7+,8+/m0/s1. The first-order valence-electron chi connectivity index (χ1n) is 4.67. The zero-order valence-corrected chi connectivity index (χ0v) is 8.27. The molecule has 4 heteroatoms. The van der Waals surface area contributed by atoms with Gasteiger partial charge in [-0.2, -0.15) is 0 Å². The number of ether oxygens (including phenoxy) is 2. The SMILES string of the molecule is COC1(OC)[C@@H]2C=C[C@H]1C[C@H]2C(=O)O. The Bertz CT molecular complexity index is 280. The molecule has 0 unspecified atom stereocenters. The predicted octanol–water partition coefficient (Wildman–Crippen LogP) is 0.882. The normalized spacial score (nSPS) is 37.7. The molecular weight excluding hydrogens is 184 g/mol. The number of fused-ring (bicyclic) bond motifs is 2. The van der Waals surface area contributed by atoms with Gasteiger partial charge in [0.25, 0.3) is 0 Å². The molecule has 2 bridgehead atoms. The van der Waals surface area contributed by atoms with Crippen LogP contribution in [0, 0.1) is 17.8 Å². The van der Waals surface area contributed by atoms with Crippen LogP contribution in [0.3, 0.4) is 0 Å². The van der Waals surface area contributed by atoms with Crippen LogP contribution in [0.4, 0.5) is 0 Å². The zero-order chi connectivity index (χ0) is 10.3. The van der Waals surface area contributed by atoms with E-state index in [2.05, 4.69) is 0 Å². The highest BCUT2D eigenvalue weighted by Crippen LogP contribution is 2.53. The van der Waals surface area contributed by atoms with E-state index < -0.39 is 11.8 Å². The summed E-state index contributed by atoms with van der Waals surface area (Å²) in [6.07, 6.45) is 4.51. The first-order valence-corrected chi connectivity index (χ1v) is 4.67. The van der Waals surface area contributed by atoms with Gasteiger partial charge in [-0.15, -0.1) is 0 Å². The Balaban J connectivity index is 2.30. The van der Waals surface area contributed by atoms with Gasteiger partial charge in [-0.1, -0.05) is 12.2 Å². The second-order valence-corrected chi connectivity index (χ2v) is 3.83. The van der Waals surface area contributed by atoms with Gasteiger partial charge in [0.2, 0.25) is 0 Å². The first-order chi connectivity index (χ1) is 6.65. The van der Waals surface area contributed by atoms with Crippen molar-refractivity contribution in [2.24, 2.45) is 17.8 Å². The lowest BCUT2D eigenvalue weighted by Crippen LogP contribution is -2.41. The molecule has 0 aromatic heterocycles. The third kappa shape index (κ3) is 0.980. The largest absolute Gasteiger partial charge is 0.481 e. The average Bonchev–Trinajstić information content (AvgIpc) is 2.69. The minimum Gasteiger partial charge on any atom is -0.481 e. The van der Waals surface area contributed by atoms with Crippen LogP contribution in [0.2, 0.25) is 0 Å². The molecule has 3 atom stereocenters. The number of methoxy groups -OCH3 is 2. The number of hydrogen-bond donors (Lipinski definition) is 1. The average molecular weight is 198 g/mol. The maximum atomic E-state index is 11.0. The Morgan fingerprint density at radius 2 is 2.07 bits per heavy atom. The highest BCUT2D eigenvalue weighted by atomic mass is 16.7. The van der Waals surface area contributed by atoms with Crippen molar-refractivity contribution in [3.8, 4) is 0 Å². The lowest BCUT2D eigenvalue weighted by atomic mass is 9.93. The van der Waals surface area contributed by atoms with E-state index >= 15 is 0 Å². The third-order valence-electron chi connectivity index (χ3n) is 3.43. The van der Waals surface area contributed by atoms with Crippen LogP contribution >= 0.6 is 0 Å². The molecule has 0 spiro atoms. The summed E-state index contributed by atoms with van der Waals surface area (Å²) in [5.74, 6) is -1.95. The van der Waals surface area contributed by atoms with Crippen LogP contribution in [0.5, 0.6) is 0 Å². The van der Waals surface area contributed by atoms with Gasteiger partial charge in [0.1, 0.15) is 0 Å². The molecule has 4 nitrogen and oxygen atoms in total. The van der Waals surface area contributed by atoms with Crippen molar-refractivity contribution in [2.75, 3.05) is 14.2 Å². The van der Waals surface area contributed by atoms with Crippen LogP contribution in [0.1, 0.15) is 6.42 Å². The number of rotatable bonds is 3. The van der Waals surface area contributed by atoms with Gasteiger partial charge >= 0.3 is 5.97 Å². The van der Waals surface area contributed by atoms with Crippen LogP contribution in [-0.2, 0) is 14.3 Å². The van der Waals surface area contributed by atoms with Crippen LogP contribution in [0.15, 0.2) is 12.2 Å². The molecule has 0 aliphatic heterocycles. The molecule has 1 saturated carbocycles. The second-order valence-electron chi connectivity index (χ2n) is 3.83. The predicted molar refractivity (Wildman–Crippen MR) is 48.6 cm³/mol. The van der Waals surface area contributed by atoms with E-state index in [1.165, 1.54) is 0 Å². The molecule has 0 aromatic carbocycles. The van der Waals surface area contributed by atoms with Gasteiger partial charge in [0, 0.05) is 26.1 Å². The monoisotopic (exact) mass is 198 g/mol.